The number of hydrogen-bond donors (Lipinski definition) is 2. The highest BCUT2D eigenvalue weighted by molar-refractivity contribution is 5.85. The number of ether oxygens (including phenoxy) is 4. The molecule has 1 rings (SSSR count). The van der Waals surface area contributed by atoms with Gasteiger partial charge in [0.1, 0.15) is 0 Å². The summed E-state index contributed by atoms with van der Waals surface area (Å²) >= 11 is 0. The maximum atomic E-state index is 11.5. The van der Waals surface area contributed by atoms with Gasteiger partial charge in [0.2, 0.25) is 12.6 Å². The molecule has 0 spiro atoms. The van der Waals surface area contributed by atoms with E-state index in [2.05, 4.69) is 9.47 Å². The highest BCUT2D eigenvalue weighted by atomic mass is 16.7. The third kappa shape index (κ3) is 3.39. The zero-order valence-corrected chi connectivity index (χ0v) is 10.1. The highest BCUT2D eigenvalue weighted by Gasteiger charge is 2.46. The third-order valence-electron chi connectivity index (χ3n) is 2.13. The number of rotatable bonds is 4. The van der Waals surface area contributed by atoms with Gasteiger partial charge in [-0.3, -0.25) is 0 Å². The number of carbonyl (C=O) groups excluding carboxylic acids is 2. The fraction of sp³-hybridized carbons (Fsp3) is 0.800. The molecule has 0 aliphatic carbocycles. The average molecular weight is 264 g/mol. The van der Waals surface area contributed by atoms with Crippen molar-refractivity contribution in [2.45, 2.75) is 38.6 Å². The van der Waals surface area contributed by atoms with Crippen LogP contribution in [0.25, 0.3) is 0 Å². The summed E-state index contributed by atoms with van der Waals surface area (Å²) in [4.78, 5) is 23.1. The first-order chi connectivity index (χ1) is 8.51. The molecule has 0 aromatic carbocycles. The summed E-state index contributed by atoms with van der Waals surface area (Å²) in [5.74, 6) is -1.75. The predicted octanol–water partition coefficient (Wildman–Crippen LogP) is -1.47. The summed E-state index contributed by atoms with van der Waals surface area (Å²) in [6.07, 6.45) is -6.40. The Kier molecular flexibility index (Phi) is 5.48. The molecule has 0 aromatic heterocycles. The van der Waals surface area contributed by atoms with Crippen molar-refractivity contribution >= 4 is 11.9 Å². The Labute approximate surface area is 103 Å². The maximum Gasteiger partial charge on any atom is 0.338 e. The summed E-state index contributed by atoms with van der Waals surface area (Å²) in [6.45, 7) is 3.30. The largest absolute Gasteiger partial charge is 0.464 e. The zero-order chi connectivity index (χ0) is 13.7. The number of carbonyl (C=O) groups is 2. The first kappa shape index (κ1) is 14.8. The second-order valence-corrected chi connectivity index (χ2v) is 3.40. The molecule has 1 aliphatic heterocycles. The smallest absolute Gasteiger partial charge is 0.338 e. The van der Waals surface area contributed by atoms with E-state index in [1.54, 1.807) is 13.8 Å². The Morgan fingerprint density at radius 1 is 0.944 bits per heavy atom. The maximum absolute atomic E-state index is 11.5. The van der Waals surface area contributed by atoms with Crippen molar-refractivity contribution < 1.29 is 38.7 Å². The molecule has 1 saturated heterocycles. The Balaban J connectivity index is 2.80. The van der Waals surface area contributed by atoms with Gasteiger partial charge in [-0.1, -0.05) is 0 Å². The standard InChI is InChI=1S/C10H16O8/c1-3-15-7(11)5-6(8(12)16-4-2)18-10(14)9(13)17-5/h5-6,9-10,13-14H,3-4H2,1-2H3/t5-,6-,9-,10-/m1/s1. The van der Waals surface area contributed by atoms with Gasteiger partial charge in [0, 0.05) is 0 Å². The van der Waals surface area contributed by atoms with Crippen molar-refractivity contribution in [1.29, 1.82) is 0 Å². The summed E-state index contributed by atoms with van der Waals surface area (Å²) < 4.78 is 19.0. The lowest BCUT2D eigenvalue weighted by Gasteiger charge is -2.34. The minimum absolute atomic E-state index is 0.0763. The minimum Gasteiger partial charge on any atom is -0.464 e. The SMILES string of the molecule is CCOC(=O)[C@@H]1O[C@@H](O)[C@H](O)O[C@H]1C(=O)OCC. The van der Waals surface area contributed by atoms with Crippen LogP contribution in [0.4, 0.5) is 0 Å². The Morgan fingerprint density at radius 3 is 1.56 bits per heavy atom. The summed E-state index contributed by atoms with van der Waals surface area (Å²) in [5, 5.41) is 18.5. The van der Waals surface area contributed by atoms with E-state index < -0.39 is 36.7 Å². The first-order valence-corrected chi connectivity index (χ1v) is 5.51. The van der Waals surface area contributed by atoms with Gasteiger partial charge in [-0.25, -0.2) is 9.59 Å². The topological polar surface area (TPSA) is 112 Å². The van der Waals surface area contributed by atoms with E-state index in [1.165, 1.54) is 0 Å². The molecule has 0 unspecified atom stereocenters. The van der Waals surface area contributed by atoms with Crippen LogP contribution in [0.1, 0.15) is 13.8 Å². The van der Waals surface area contributed by atoms with Gasteiger partial charge in [-0.15, -0.1) is 0 Å². The quantitative estimate of drug-likeness (QED) is 0.592. The van der Waals surface area contributed by atoms with Crippen LogP contribution in [0.2, 0.25) is 0 Å². The number of aliphatic hydroxyl groups is 2. The third-order valence-corrected chi connectivity index (χ3v) is 2.13. The van der Waals surface area contributed by atoms with E-state index in [1.807, 2.05) is 0 Å². The van der Waals surface area contributed by atoms with Crippen molar-refractivity contribution in [2.24, 2.45) is 0 Å². The molecule has 0 saturated carbocycles. The Hall–Kier alpha value is -1.22. The van der Waals surface area contributed by atoms with Gasteiger partial charge in [0.05, 0.1) is 13.2 Å². The molecule has 1 aliphatic rings. The van der Waals surface area contributed by atoms with Crippen LogP contribution in [0.15, 0.2) is 0 Å². The molecule has 2 N–H and O–H groups in total. The van der Waals surface area contributed by atoms with Gasteiger partial charge < -0.3 is 29.2 Å². The summed E-state index contributed by atoms with van der Waals surface area (Å²) in [6, 6.07) is 0. The van der Waals surface area contributed by atoms with Gasteiger partial charge >= 0.3 is 11.9 Å². The van der Waals surface area contributed by atoms with Crippen LogP contribution in [-0.4, -0.2) is 60.2 Å². The monoisotopic (exact) mass is 264 g/mol. The average Bonchev–Trinajstić information content (AvgIpc) is 2.32. The Morgan fingerprint density at radius 2 is 1.28 bits per heavy atom. The van der Waals surface area contributed by atoms with Gasteiger partial charge in [-0.05, 0) is 13.8 Å². The fourth-order valence-electron chi connectivity index (χ4n) is 1.38. The van der Waals surface area contributed by atoms with Gasteiger partial charge in [0.15, 0.2) is 12.2 Å². The molecule has 1 fully saturated rings. The van der Waals surface area contributed by atoms with Crippen LogP contribution >= 0.6 is 0 Å². The van der Waals surface area contributed by atoms with E-state index in [0.717, 1.165) is 0 Å². The van der Waals surface area contributed by atoms with E-state index >= 15 is 0 Å². The highest BCUT2D eigenvalue weighted by Crippen LogP contribution is 2.20. The second-order valence-electron chi connectivity index (χ2n) is 3.40. The number of aliphatic hydroxyl groups excluding tert-OH is 2. The minimum atomic E-state index is -1.73. The lowest BCUT2D eigenvalue weighted by atomic mass is 10.2. The first-order valence-electron chi connectivity index (χ1n) is 5.51. The molecule has 18 heavy (non-hydrogen) atoms. The Bertz CT molecular complexity index is 274. The molecule has 104 valence electrons. The lowest BCUT2D eigenvalue weighted by molar-refractivity contribution is -0.331. The van der Waals surface area contributed by atoms with E-state index in [4.69, 9.17) is 9.47 Å². The lowest BCUT2D eigenvalue weighted by Crippen LogP contribution is -2.56. The normalized spacial score (nSPS) is 31.8. The molecular formula is C10H16O8. The van der Waals surface area contributed by atoms with Crippen molar-refractivity contribution in [1.82, 2.24) is 0 Å². The number of hydrogen-bond acceptors (Lipinski definition) is 8. The van der Waals surface area contributed by atoms with E-state index in [0.29, 0.717) is 0 Å². The molecule has 0 amide bonds. The van der Waals surface area contributed by atoms with Crippen molar-refractivity contribution in [2.75, 3.05) is 13.2 Å². The van der Waals surface area contributed by atoms with Crippen LogP contribution in [0.5, 0.6) is 0 Å². The van der Waals surface area contributed by atoms with Crippen LogP contribution in [0, 0.1) is 0 Å². The molecule has 8 nitrogen and oxygen atoms in total. The van der Waals surface area contributed by atoms with Gasteiger partial charge in [-0.2, -0.15) is 0 Å². The number of esters is 2. The van der Waals surface area contributed by atoms with Crippen molar-refractivity contribution in [3.63, 3.8) is 0 Å². The molecule has 0 radical (unpaired) electrons. The molecule has 4 atom stereocenters. The molecule has 0 bridgehead atoms. The van der Waals surface area contributed by atoms with Gasteiger partial charge in [0.25, 0.3) is 0 Å². The van der Waals surface area contributed by atoms with Crippen LogP contribution in [0.3, 0.4) is 0 Å². The van der Waals surface area contributed by atoms with Crippen LogP contribution < -0.4 is 0 Å². The molecule has 0 aromatic rings. The van der Waals surface area contributed by atoms with Crippen molar-refractivity contribution in [3.05, 3.63) is 0 Å². The molecule has 1 heterocycles. The molecule has 8 heteroatoms. The van der Waals surface area contributed by atoms with Crippen LogP contribution in [-0.2, 0) is 28.5 Å². The predicted molar refractivity (Wildman–Crippen MR) is 55.0 cm³/mol. The van der Waals surface area contributed by atoms with E-state index in [9.17, 15) is 19.8 Å². The molecular weight excluding hydrogens is 248 g/mol. The zero-order valence-electron chi connectivity index (χ0n) is 10.1. The summed E-state index contributed by atoms with van der Waals surface area (Å²) in [5.41, 5.74) is 0. The van der Waals surface area contributed by atoms with Crippen molar-refractivity contribution in [3.8, 4) is 0 Å². The second kappa shape index (κ2) is 6.64. The van der Waals surface area contributed by atoms with E-state index in [-0.39, 0.29) is 13.2 Å². The fourth-order valence-corrected chi connectivity index (χ4v) is 1.38. The summed E-state index contributed by atoms with van der Waals surface area (Å²) in [7, 11) is 0.